The summed E-state index contributed by atoms with van der Waals surface area (Å²) in [6.07, 6.45) is 4.50. The maximum Gasteiger partial charge on any atom is 0.0450 e. The predicted molar refractivity (Wildman–Crippen MR) is 71.3 cm³/mol. The van der Waals surface area contributed by atoms with Crippen LogP contribution in [0.1, 0.15) is 30.0 Å². The molecular weight excluding hydrogens is 208 g/mol. The molecule has 17 heavy (non-hydrogen) atoms. The lowest BCUT2D eigenvalue weighted by Crippen LogP contribution is -2.28. The van der Waals surface area contributed by atoms with E-state index >= 15 is 0 Å². The Morgan fingerprint density at radius 1 is 1.29 bits per heavy atom. The summed E-state index contributed by atoms with van der Waals surface area (Å²) in [4.78, 5) is 4.34. The second-order valence-electron chi connectivity index (χ2n) is 4.92. The molecule has 0 radical (unpaired) electrons. The number of benzene rings is 1. The molecule has 2 heteroatoms. The topological polar surface area (TPSA) is 24.9 Å². The van der Waals surface area contributed by atoms with Crippen LogP contribution in [0.5, 0.6) is 0 Å². The van der Waals surface area contributed by atoms with E-state index in [1.165, 1.54) is 35.7 Å². The predicted octanol–water partition coefficient (Wildman–Crippen LogP) is 3.01. The Hall–Kier alpha value is -1.41. The van der Waals surface area contributed by atoms with Crippen molar-refractivity contribution < 1.29 is 0 Å². The molecule has 0 bridgehead atoms. The van der Waals surface area contributed by atoms with Crippen LogP contribution in [0.3, 0.4) is 0 Å². The largest absolute Gasteiger partial charge is 0.316 e. The van der Waals surface area contributed by atoms with E-state index in [2.05, 4.69) is 41.5 Å². The fourth-order valence-electron chi connectivity index (χ4n) is 2.74. The van der Waals surface area contributed by atoms with E-state index in [1.54, 1.807) is 0 Å². The highest BCUT2D eigenvalue weighted by atomic mass is 14.9. The van der Waals surface area contributed by atoms with Gasteiger partial charge < -0.3 is 5.32 Å². The molecule has 1 aliphatic heterocycles. The zero-order chi connectivity index (χ0) is 11.7. The van der Waals surface area contributed by atoms with Crippen molar-refractivity contribution in [3.05, 3.63) is 41.7 Å². The number of rotatable bonds is 1. The zero-order valence-corrected chi connectivity index (χ0v) is 10.2. The molecule has 1 atom stereocenters. The Morgan fingerprint density at radius 2 is 2.24 bits per heavy atom. The third-order valence-corrected chi connectivity index (χ3v) is 3.76. The highest BCUT2D eigenvalue weighted by Gasteiger charge is 2.15. The second-order valence-corrected chi connectivity index (χ2v) is 4.92. The first-order chi connectivity index (χ1) is 8.34. The maximum atomic E-state index is 4.34. The summed E-state index contributed by atoms with van der Waals surface area (Å²) in [7, 11) is 0. The van der Waals surface area contributed by atoms with E-state index < -0.39 is 0 Å². The van der Waals surface area contributed by atoms with Gasteiger partial charge in [0.05, 0.1) is 0 Å². The lowest BCUT2D eigenvalue weighted by atomic mass is 9.90. The number of fused-ring (bicyclic) bond motifs is 1. The highest BCUT2D eigenvalue weighted by Crippen LogP contribution is 2.27. The smallest absolute Gasteiger partial charge is 0.0450 e. The van der Waals surface area contributed by atoms with Gasteiger partial charge in [0.1, 0.15) is 0 Å². The van der Waals surface area contributed by atoms with Gasteiger partial charge in [0.2, 0.25) is 0 Å². The molecule has 88 valence electrons. The summed E-state index contributed by atoms with van der Waals surface area (Å²) in [5.41, 5.74) is 2.59. The average Bonchev–Trinajstić information content (AvgIpc) is 2.40. The molecule has 3 rings (SSSR count). The summed E-state index contributed by atoms with van der Waals surface area (Å²) in [5, 5.41) is 6.08. The van der Waals surface area contributed by atoms with Crippen LogP contribution in [0.2, 0.25) is 0 Å². The number of nitrogens with one attached hydrogen (secondary N) is 1. The molecule has 1 N–H and O–H groups in total. The number of nitrogens with zero attached hydrogens (tertiary/aromatic N) is 1. The summed E-state index contributed by atoms with van der Waals surface area (Å²) < 4.78 is 0. The van der Waals surface area contributed by atoms with Gasteiger partial charge in [-0.2, -0.15) is 0 Å². The lowest BCUT2D eigenvalue weighted by molar-refractivity contribution is 0.462. The van der Waals surface area contributed by atoms with Crippen molar-refractivity contribution in [3.8, 4) is 0 Å². The van der Waals surface area contributed by atoms with Gasteiger partial charge in [-0.1, -0.05) is 18.2 Å². The van der Waals surface area contributed by atoms with Crippen LogP contribution in [0.4, 0.5) is 0 Å². The molecule has 1 saturated heterocycles. The Kier molecular flexibility index (Phi) is 2.81. The Morgan fingerprint density at radius 3 is 3.06 bits per heavy atom. The van der Waals surface area contributed by atoms with Crippen molar-refractivity contribution in [1.29, 1.82) is 0 Å². The average molecular weight is 226 g/mol. The van der Waals surface area contributed by atoms with Crippen LogP contribution in [-0.2, 0) is 0 Å². The van der Waals surface area contributed by atoms with Crippen LogP contribution < -0.4 is 5.32 Å². The van der Waals surface area contributed by atoms with Gasteiger partial charge in [0.25, 0.3) is 0 Å². The minimum atomic E-state index is 0.682. The van der Waals surface area contributed by atoms with Gasteiger partial charge in [0, 0.05) is 23.8 Å². The number of hydrogen-bond acceptors (Lipinski definition) is 2. The fraction of sp³-hybridized carbons (Fsp3) is 0.400. The van der Waals surface area contributed by atoms with Crippen LogP contribution in [0.15, 0.2) is 30.5 Å². The molecule has 2 aromatic rings. The van der Waals surface area contributed by atoms with E-state index in [4.69, 9.17) is 0 Å². The van der Waals surface area contributed by atoms with E-state index in [9.17, 15) is 0 Å². The molecule has 0 spiro atoms. The SMILES string of the molecule is Cc1nccc2cc(C3CCCNC3)ccc12. The summed E-state index contributed by atoms with van der Waals surface area (Å²) in [6, 6.07) is 8.94. The third kappa shape index (κ3) is 2.05. The molecule has 1 fully saturated rings. The first-order valence-corrected chi connectivity index (χ1v) is 6.40. The number of aromatic nitrogens is 1. The molecule has 2 heterocycles. The van der Waals surface area contributed by atoms with E-state index in [0.29, 0.717) is 5.92 Å². The standard InChI is InChI=1S/C15H18N2/c1-11-15-5-4-12(9-13(15)6-8-17-11)14-3-2-7-16-10-14/h4-6,8-9,14,16H,2-3,7,10H2,1H3. The zero-order valence-electron chi connectivity index (χ0n) is 10.2. The molecule has 0 amide bonds. The van der Waals surface area contributed by atoms with Gasteiger partial charge in [-0.05, 0) is 49.2 Å². The monoisotopic (exact) mass is 226 g/mol. The lowest BCUT2D eigenvalue weighted by Gasteiger charge is -2.23. The molecule has 2 nitrogen and oxygen atoms in total. The summed E-state index contributed by atoms with van der Waals surface area (Å²) >= 11 is 0. The van der Waals surface area contributed by atoms with E-state index in [1.807, 2.05) is 6.20 Å². The first kappa shape index (κ1) is 10.7. The normalized spacial score (nSPS) is 20.6. The van der Waals surface area contributed by atoms with Gasteiger partial charge in [0.15, 0.2) is 0 Å². The van der Waals surface area contributed by atoms with E-state index in [-0.39, 0.29) is 0 Å². The second kappa shape index (κ2) is 4.46. The fourth-order valence-corrected chi connectivity index (χ4v) is 2.74. The summed E-state index contributed by atoms with van der Waals surface area (Å²) in [5.74, 6) is 0.682. The number of aryl methyl sites for hydroxylation is 1. The molecule has 1 unspecified atom stereocenters. The minimum Gasteiger partial charge on any atom is -0.316 e. The molecular formula is C15H18N2. The molecule has 0 saturated carbocycles. The van der Waals surface area contributed by atoms with Crippen molar-refractivity contribution >= 4 is 10.8 Å². The molecule has 1 aromatic carbocycles. The van der Waals surface area contributed by atoms with Crippen LogP contribution in [-0.4, -0.2) is 18.1 Å². The Balaban J connectivity index is 2.01. The number of pyridine rings is 1. The third-order valence-electron chi connectivity index (χ3n) is 3.76. The van der Waals surface area contributed by atoms with Crippen LogP contribution >= 0.6 is 0 Å². The first-order valence-electron chi connectivity index (χ1n) is 6.40. The van der Waals surface area contributed by atoms with Gasteiger partial charge >= 0.3 is 0 Å². The van der Waals surface area contributed by atoms with E-state index in [0.717, 1.165) is 12.2 Å². The van der Waals surface area contributed by atoms with Gasteiger partial charge in [-0.25, -0.2) is 0 Å². The van der Waals surface area contributed by atoms with Crippen molar-refractivity contribution in [2.75, 3.05) is 13.1 Å². The van der Waals surface area contributed by atoms with Crippen molar-refractivity contribution in [1.82, 2.24) is 10.3 Å². The highest BCUT2D eigenvalue weighted by molar-refractivity contribution is 5.84. The molecule has 0 aliphatic carbocycles. The summed E-state index contributed by atoms with van der Waals surface area (Å²) in [6.45, 7) is 4.37. The van der Waals surface area contributed by atoms with Crippen molar-refractivity contribution in [2.45, 2.75) is 25.7 Å². The molecule has 1 aromatic heterocycles. The van der Waals surface area contributed by atoms with Gasteiger partial charge in [-0.3, -0.25) is 4.98 Å². The maximum absolute atomic E-state index is 4.34. The van der Waals surface area contributed by atoms with Gasteiger partial charge in [-0.15, -0.1) is 0 Å². The number of hydrogen-bond donors (Lipinski definition) is 1. The Labute approximate surface area is 102 Å². The quantitative estimate of drug-likeness (QED) is 0.808. The molecule has 1 aliphatic rings. The van der Waals surface area contributed by atoms with Crippen LogP contribution in [0, 0.1) is 6.92 Å². The van der Waals surface area contributed by atoms with Crippen molar-refractivity contribution in [3.63, 3.8) is 0 Å². The van der Waals surface area contributed by atoms with Crippen LogP contribution in [0.25, 0.3) is 10.8 Å². The minimum absolute atomic E-state index is 0.682. The number of piperidine rings is 1. The van der Waals surface area contributed by atoms with Crippen molar-refractivity contribution in [2.24, 2.45) is 0 Å². The Bertz CT molecular complexity index is 527.